The molecule has 8 nitrogen and oxygen atoms in total. The molecule has 0 aromatic heterocycles. The van der Waals surface area contributed by atoms with Gasteiger partial charge in [0.15, 0.2) is 0 Å². The van der Waals surface area contributed by atoms with Gasteiger partial charge in [0.05, 0.1) is 43.9 Å². The highest BCUT2D eigenvalue weighted by molar-refractivity contribution is 5.69. The molecule has 0 spiro atoms. The van der Waals surface area contributed by atoms with E-state index in [1.807, 2.05) is 26.8 Å². The zero-order valence-electron chi connectivity index (χ0n) is 21.4. The molecule has 2 unspecified atom stereocenters. The summed E-state index contributed by atoms with van der Waals surface area (Å²) in [6.07, 6.45) is 5.08. The van der Waals surface area contributed by atoms with E-state index in [0.717, 1.165) is 32.1 Å². The van der Waals surface area contributed by atoms with E-state index in [1.54, 1.807) is 4.90 Å². The zero-order valence-corrected chi connectivity index (χ0v) is 21.4. The number of carboxylic acids is 1. The maximum absolute atomic E-state index is 13.1. The minimum absolute atomic E-state index is 0.0811. The molecule has 3 rings (SSSR count). The van der Waals surface area contributed by atoms with Gasteiger partial charge in [-0.1, -0.05) is 30.3 Å². The Morgan fingerprint density at radius 1 is 1.14 bits per heavy atom. The lowest BCUT2D eigenvalue weighted by Gasteiger charge is -2.48. The second kappa shape index (κ2) is 12.2. The van der Waals surface area contributed by atoms with E-state index in [-0.39, 0.29) is 25.7 Å². The predicted octanol–water partition coefficient (Wildman–Crippen LogP) is 4.32. The summed E-state index contributed by atoms with van der Waals surface area (Å²) >= 11 is 0. The maximum Gasteiger partial charge on any atom is 0.410 e. The number of piperidine rings is 1. The van der Waals surface area contributed by atoms with Crippen LogP contribution in [0.5, 0.6) is 0 Å². The Bertz CT molecular complexity index is 819. The first-order valence-corrected chi connectivity index (χ1v) is 12.8. The van der Waals surface area contributed by atoms with Crippen LogP contribution < -0.4 is 5.73 Å². The van der Waals surface area contributed by atoms with Crippen molar-refractivity contribution in [2.24, 2.45) is 5.73 Å². The number of nitrogens with zero attached hydrogens (tertiary/aromatic N) is 1. The molecule has 1 heterocycles. The summed E-state index contributed by atoms with van der Waals surface area (Å²) in [5.74, 6) is -0.360. The molecule has 1 aliphatic heterocycles. The van der Waals surface area contributed by atoms with E-state index in [0.29, 0.717) is 25.5 Å². The highest BCUT2D eigenvalue weighted by Gasteiger charge is 2.45. The number of amides is 1. The quantitative estimate of drug-likeness (QED) is 0.496. The number of rotatable bonds is 9. The lowest BCUT2D eigenvalue weighted by atomic mass is 9.82. The number of carbonyl (C=O) groups excluding carboxylic acids is 1. The number of likely N-dealkylation sites (tertiary alicyclic amines) is 1. The lowest BCUT2D eigenvalue weighted by molar-refractivity contribution is -0.138. The molecule has 8 heteroatoms. The standard InChI is InChI=1S/C27H42N2O6/c1-26(2,3)35-25(32)29-16-7-15-27(28,19-33-17-14-24(30)31)23(29)18-34-22-12-10-21(11-13-22)20-8-5-4-6-9-20/h4-6,8-9,21-23H,7,10-19,28H2,1-3H3,(H,30,31). The van der Waals surface area contributed by atoms with Crippen LogP contribution in [0.25, 0.3) is 0 Å². The van der Waals surface area contributed by atoms with Gasteiger partial charge in [0, 0.05) is 6.54 Å². The molecule has 0 bridgehead atoms. The topological polar surface area (TPSA) is 111 Å². The molecule has 2 atom stereocenters. The van der Waals surface area contributed by atoms with Crippen molar-refractivity contribution in [3.8, 4) is 0 Å². The third kappa shape index (κ3) is 8.19. The van der Waals surface area contributed by atoms with Gasteiger partial charge in [-0.3, -0.25) is 4.79 Å². The molecular formula is C27H42N2O6. The fourth-order valence-corrected chi connectivity index (χ4v) is 5.11. The van der Waals surface area contributed by atoms with E-state index in [2.05, 4.69) is 24.3 Å². The molecule has 1 amide bonds. The van der Waals surface area contributed by atoms with Crippen LogP contribution in [0.15, 0.2) is 30.3 Å². The van der Waals surface area contributed by atoms with Crippen molar-refractivity contribution in [3.05, 3.63) is 35.9 Å². The smallest absolute Gasteiger partial charge is 0.410 e. The third-order valence-corrected chi connectivity index (χ3v) is 6.98. The van der Waals surface area contributed by atoms with Crippen LogP contribution in [0.4, 0.5) is 4.79 Å². The monoisotopic (exact) mass is 490 g/mol. The largest absolute Gasteiger partial charge is 0.481 e. The third-order valence-electron chi connectivity index (χ3n) is 6.98. The van der Waals surface area contributed by atoms with Gasteiger partial charge in [-0.05, 0) is 70.8 Å². The van der Waals surface area contributed by atoms with Crippen LogP contribution in [0.2, 0.25) is 0 Å². The van der Waals surface area contributed by atoms with Crippen molar-refractivity contribution >= 4 is 12.1 Å². The summed E-state index contributed by atoms with van der Waals surface area (Å²) in [4.78, 5) is 25.6. The Morgan fingerprint density at radius 3 is 2.46 bits per heavy atom. The first-order valence-electron chi connectivity index (χ1n) is 12.8. The van der Waals surface area contributed by atoms with Crippen molar-refractivity contribution in [2.45, 2.75) is 94.9 Å². The molecule has 1 aromatic rings. The van der Waals surface area contributed by atoms with Gasteiger partial charge in [-0.15, -0.1) is 0 Å². The number of carboxylic acid groups (broad SMARTS) is 1. The van der Waals surface area contributed by atoms with Gasteiger partial charge in [0.2, 0.25) is 0 Å². The first-order chi connectivity index (χ1) is 16.6. The lowest BCUT2D eigenvalue weighted by Crippen LogP contribution is -2.67. The van der Waals surface area contributed by atoms with Gasteiger partial charge in [0.25, 0.3) is 0 Å². The number of nitrogens with two attached hydrogens (primary N) is 1. The van der Waals surface area contributed by atoms with E-state index in [4.69, 9.17) is 25.1 Å². The second-order valence-electron chi connectivity index (χ2n) is 10.9. The number of benzene rings is 1. The average Bonchev–Trinajstić information content (AvgIpc) is 2.81. The minimum Gasteiger partial charge on any atom is -0.481 e. The zero-order chi connectivity index (χ0) is 25.5. The predicted molar refractivity (Wildman–Crippen MR) is 133 cm³/mol. The molecule has 2 aliphatic rings. The molecule has 35 heavy (non-hydrogen) atoms. The molecule has 2 fully saturated rings. The van der Waals surface area contributed by atoms with Crippen LogP contribution in [-0.2, 0) is 19.0 Å². The number of aliphatic carboxylic acids is 1. The van der Waals surface area contributed by atoms with Crippen LogP contribution in [0.3, 0.4) is 0 Å². The molecule has 3 N–H and O–H groups in total. The molecule has 196 valence electrons. The van der Waals surface area contributed by atoms with Crippen LogP contribution >= 0.6 is 0 Å². The molecular weight excluding hydrogens is 448 g/mol. The van der Waals surface area contributed by atoms with Gasteiger partial charge >= 0.3 is 12.1 Å². The van der Waals surface area contributed by atoms with Crippen LogP contribution in [0, 0.1) is 0 Å². The Kier molecular flexibility index (Phi) is 9.55. The Labute approximate surface area is 209 Å². The molecule has 1 aliphatic carbocycles. The van der Waals surface area contributed by atoms with Crippen LogP contribution in [0.1, 0.15) is 77.2 Å². The number of ether oxygens (including phenoxy) is 3. The van der Waals surface area contributed by atoms with E-state index in [9.17, 15) is 9.59 Å². The SMILES string of the molecule is CC(C)(C)OC(=O)N1CCCC(N)(COCCC(=O)O)C1COC1CCC(c2ccccc2)CC1. The Morgan fingerprint density at radius 2 is 1.83 bits per heavy atom. The average molecular weight is 491 g/mol. The molecule has 1 saturated carbocycles. The van der Waals surface area contributed by atoms with Crippen molar-refractivity contribution in [1.29, 1.82) is 0 Å². The van der Waals surface area contributed by atoms with E-state index in [1.165, 1.54) is 5.56 Å². The number of hydrogen-bond acceptors (Lipinski definition) is 6. The Hall–Kier alpha value is -2.16. The minimum atomic E-state index is -0.916. The van der Waals surface area contributed by atoms with Gasteiger partial charge in [-0.25, -0.2) is 4.79 Å². The second-order valence-corrected chi connectivity index (χ2v) is 10.9. The maximum atomic E-state index is 13.1. The molecule has 1 saturated heterocycles. The highest BCUT2D eigenvalue weighted by Crippen LogP contribution is 2.35. The summed E-state index contributed by atoms with van der Waals surface area (Å²) in [6.45, 7) is 6.62. The summed E-state index contributed by atoms with van der Waals surface area (Å²) in [5, 5.41) is 8.91. The van der Waals surface area contributed by atoms with Crippen molar-refractivity contribution in [2.75, 3.05) is 26.4 Å². The molecule has 0 radical (unpaired) electrons. The molecule has 1 aromatic carbocycles. The fraction of sp³-hybridized carbons (Fsp3) is 0.704. The normalized spacial score (nSPS) is 27.4. The van der Waals surface area contributed by atoms with E-state index < -0.39 is 29.2 Å². The van der Waals surface area contributed by atoms with Gasteiger partial charge in [-0.2, -0.15) is 0 Å². The van der Waals surface area contributed by atoms with E-state index >= 15 is 0 Å². The number of carbonyl (C=O) groups is 2. The van der Waals surface area contributed by atoms with Crippen molar-refractivity contribution < 1.29 is 28.9 Å². The summed E-state index contributed by atoms with van der Waals surface area (Å²) in [6, 6.07) is 10.2. The van der Waals surface area contributed by atoms with Gasteiger partial charge < -0.3 is 30.0 Å². The van der Waals surface area contributed by atoms with Gasteiger partial charge in [0.1, 0.15) is 5.60 Å². The fourth-order valence-electron chi connectivity index (χ4n) is 5.11. The van der Waals surface area contributed by atoms with Crippen LogP contribution in [-0.4, -0.2) is 71.7 Å². The van der Waals surface area contributed by atoms with Crippen molar-refractivity contribution in [1.82, 2.24) is 4.90 Å². The first kappa shape index (κ1) is 27.4. The van der Waals surface area contributed by atoms with Crippen molar-refractivity contribution in [3.63, 3.8) is 0 Å². The summed E-state index contributed by atoms with van der Waals surface area (Å²) in [7, 11) is 0. The highest BCUT2D eigenvalue weighted by atomic mass is 16.6. The number of hydrogen-bond donors (Lipinski definition) is 2. The Balaban J connectivity index is 1.63. The summed E-state index contributed by atoms with van der Waals surface area (Å²) in [5.41, 5.74) is 6.75. The summed E-state index contributed by atoms with van der Waals surface area (Å²) < 4.78 is 17.7.